The number of piperidine rings is 1. The van der Waals surface area contributed by atoms with Gasteiger partial charge in [0.15, 0.2) is 0 Å². The van der Waals surface area contributed by atoms with Gasteiger partial charge < -0.3 is 19.4 Å². The summed E-state index contributed by atoms with van der Waals surface area (Å²) in [4.78, 5) is 19.5. The predicted molar refractivity (Wildman–Crippen MR) is 136 cm³/mol. The lowest BCUT2D eigenvalue weighted by Crippen LogP contribution is -2.54. The molecule has 9 heteroatoms. The molecular weight excluding hydrogens is 452 g/mol. The number of piperazine rings is 1. The summed E-state index contributed by atoms with van der Waals surface area (Å²) in [5.74, 6) is 0.394. The molecule has 1 aromatic carbocycles. The van der Waals surface area contributed by atoms with Gasteiger partial charge in [-0.15, -0.1) is 0 Å². The van der Waals surface area contributed by atoms with Crippen molar-refractivity contribution in [2.24, 2.45) is 11.3 Å². The number of ether oxygens (including phenoxy) is 1. The third-order valence-electron chi connectivity index (χ3n) is 7.33. The van der Waals surface area contributed by atoms with Gasteiger partial charge in [-0.2, -0.15) is 4.31 Å². The van der Waals surface area contributed by atoms with Gasteiger partial charge in [0.25, 0.3) is 0 Å². The van der Waals surface area contributed by atoms with E-state index >= 15 is 0 Å². The highest BCUT2D eigenvalue weighted by Crippen LogP contribution is 2.43. The summed E-state index contributed by atoms with van der Waals surface area (Å²) in [6.07, 6.45) is 2.15. The van der Waals surface area contributed by atoms with Crippen LogP contribution in [-0.2, 0) is 14.8 Å². The lowest BCUT2D eigenvalue weighted by Gasteiger charge is -2.48. The van der Waals surface area contributed by atoms with Crippen molar-refractivity contribution in [2.45, 2.75) is 52.7 Å². The topological polar surface area (TPSA) is 73.4 Å². The number of hydrogen-bond donors (Lipinski definition) is 0. The van der Waals surface area contributed by atoms with E-state index in [4.69, 9.17) is 4.74 Å². The number of rotatable bonds is 3. The molecule has 1 aromatic rings. The van der Waals surface area contributed by atoms with Crippen LogP contribution in [0, 0.1) is 11.3 Å². The molecule has 190 valence electrons. The van der Waals surface area contributed by atoms with Crippen molar-refractivity contribution in [1.82, 2.24) is 9.21 Å². The molecule has 1 amide bonds. The molecule has 4 fully saturated rings. The van der Waals surface area contributed by atoms with Crippen LogP contribution in [0.5, 0.6) is 0 Å². The first kappa shape index (κ1) is 25.1. The van der Waals surface area contributed by atoms with Gasteiger partial charge in [0.2, 0.25) is 10.0 Å². The van der Waals surface area contributed by atoms with Crippen molar-refractivity contribution in [3.8, 4) is 0 Å². The Morgan fingerprint density at radius 2 is 1.56 bits per heavy atom. The van der Waals surface area contributed by atoms with Crippen molar-refractivity contribution in [2.75, 3.05) is 61.9 Å². The fraction of sp³-hybridized carbons (Fsp3) is 0.720. The molecule has 5 rings (SSSR count). The number of anilines is 2. The number of amides is 1. The summed E-state index contributed by atoms with van der Waals surface area (Å²) in [6.45, 7) is 15.1. The predicted octanol–water partition coefficient (Wildman–Crippen LogP) is 3.24. The Hall–Kier alpha value is -2.00. The molecule has 0 spiro atoms. The molecule has 0 N–H and O–H groups in total. The van der Waals surface area contributed by atoms with E-state index in [1.165, 1.54) is 11.9 Å². The number of carbonyl (C=O) groups excluding carboxylic acids is 1. The largest absolute Gasteiger partial charge is 0.444 e. The fourth-order valence-corrected chi connectivity index (χ4v) is 6.56. The van der Waals surface area contributed by atoms with Crippen LogP contribution in [0.3, 0.4) is 0 Å². The minimum absolute atomic E-state index is 0.0837. The summed E-state index contributed by atoms with van der Waals surface area (Å²) in [7, 11) is -3.13. The molecule has 8 nitrogen and oxygen atoms in total. The normalized spacial score (nSPS) is 25.9. The molecule has 2 bridgehead atoms. The van der Waals surface area contributed by atoms with Crippen molar-refractivity contribution in [3.63, 3.8) is 0 Å². The zero-order valence-electron chi connectivity index (χ0n) is 21.5. The SMILES string of the molecule is CC(C)(C)OC(=O)N1C[C@@H]2CN(c3ccc(N4CCN(S(C)(=O)=O)CC4)cc3)[C@H](C1)C(C)(C)C2. The van der Waals surface area contributed by atoms with E-state index in [-0.39, 0.29) is 17.6 Å². The van der Waals surface area contributed by atoms with Crippen molar-refractivity contribution >= 4 is 27.5 Å². The van der Waals surface area contributed by atoms with Gasteiger partial charge in [0.05, 0.1) is 12.3 Å². The molecular formula is C25H40N4O4S. The molecule has 0 unspecified atom stereocenters. The van der Waals surface area contributed by atoms with Crippen LogP contribution in [0.1, 0.15) is 41.0 Å². The molecule has 4 aliphatic heterocycles. The fourth-order valence-electron chi connectivity index (χ4n) is 5.73. The van der Waals surface area contributed by atoms with E-state index in [0.717, 1.165) is 25.2 Å². The molecule has 4 aliphatic rings. The molecule has 0 aromatic heterocycles. The minimum atomic E-state index is -3.13. The summed E-state index contributed by atoms with van der Waals surface area (Å²) in [5, 5.41) is 0. The number of fused-ring (bicyclic) bond motifs is 4. The number of benzene rings is 1. The van der Waals surface area contributed by atoms with Gasteiger partial charge in [-0.1, -0.05) is 13.8 Å². The lowest BCUT2D eigenvalue weighted by atomic mass is 9.73. The van der Waals surface area contributed by atoms with E-state index in [0.29, 0.717) is 38.6 Å². The molecule has 2 atom stereocenters. The van der Waals surface area contributed by atoms with E-state index in [1.807, 2.05) is 25.7 Å². The molecule has 0 saturated carbocycles. The Labute approximate surface area is 204 Å². The van der Waals surface area contributed by atoms with Gasteiger partial charge >= 0.3 is 6.09 Å². The second-order valence-electron chi connectivity index (χ2n) is 11.8. The van der Waals surface area contributed by atoms with Crippen molar-refractivity contribution in [3.05, 3.63) is 24.3 Å². The zero-order chi connectivity index (χ0) is 24.9. The Kier molecular flexibility index (Phi) is 6.57. The highest BCUT2D eigenvalue weighted by Gasteiger charge is 2.47. The Balaban J connectivity index is 1.48. The third-order valence-corrected chi connectivity index (χ3v) is 8.63. The summed E-state index contributed by atoms with van der Waals surface area (Å²) >= 11 is 0. The average Bonchev–Trinajstić information content (AvgIpc) is 2.99. The zero-order valence-corrected chi connectivity index (χ0v) is 22.3. The third kappa shape index (κ3) is 5.46. The number of carbonyl (C=O) groups is 1. The second kappa shape index (κ2) is 8.90. The Morgan fingerprint density at radius 1 is 0.971 bits per heavy atom. The van der Waals surface area contributed by atoms with Gasteiger partial charge in [-0.3, -0.25) is 0 Å². The first-order valence-electron chi connectivity index (χ1n) is 12.3. The van der Waals surface area contributed by atoms with Crippen LogP contribution in [0.25, 0.3) is 0 Å². The maximum atomic E-state index is 12.9. The smallest absolute Gasteiger partial charge is 0.410 e. The van der Waals surface area contributed by atoms with E-state index in [9.17, 15) is 13.2 Å². The van der Waals surface area contributed by atoms with Crippen LogP contribution in [0.4, 0.5) is 16.2 Å². The van der Waals surface area contributed by atoms with Gasteiger partial charge in [-0.05, 0) is 62.8 Å². The second-order valence-corrected chi connectivity index (χ2v) is 13.8. The average molecular weight is 493 g/mol. The van der Waals surface area contributed by atoms with Crippen LogP contribution in [0.2, 0.25) is 0 Å². The standard InChI is InChI=1S/C25H40N4O4S/c1-24(2,3)33-23(30)27-16-19-15-25(4,5)22(18-27)29(17-19)21-9-7-20(8-10-21)26-11-13-28(14-12-26)34(6,31)32/h7-10,19,22H,11-18H2,1-6H3/t19-,22-/m1/s1. The number of hydrogen-bond acceptors (Lipinski definition) is 6. The first-order chi connectivity index (χ1) is 15.7. The molecule has 0 radical (unpaired) electrons. The van der Waals surface area contributed by atoms with Crippen LogP contribution in [0.15, 0.2) is 24.3 Å². The first-order valence-corrected chi connectivity index (χ1v) is 14.1. The minimum Gasteiger partial charge on any atom is -0.444 e. The monoisotopic (exact) mass is 492 g/mol. The lowest BCUT2D eigenvalue weighted by molar-refractivity contribution is 0.0240. The summed E-state index contributed by atoms with van der Waals surface area (Å²) in [5.41, 5.74) is 1.87. The maximum absolute atomic E-state index is 12.9. The van der Waals surface area contributed by atoms with Crippen LogP contribution >= 0.6 is 0 Å². The highest BCUT2D eigenvalue weighted by atomic mass is 32.2. The van der Waals surface area contributed by atoms with Gasteiger partial charge in [0.1, 0.15) is 5.60 Å². The van der Waals surface area contributed by atoms with E-state index in [1.54, 1.807) is 4.31 Å². The highest BCUT2D eigenvalue weighted by molar-refractivity contribution is 7.88. The summed E-state index contributed by atoms with van der Waals surface area (Å²) < 4.78 is 30.8. The summed E-state index contributed by atoms with van der Waals surface area (Å²) in [6, 6.07) is 8.84. The van der Waals surface area contributed by atoms with Crippen molar-refractivity contribution in [1.29, 1.82) is 0 Å². The van der Waals surface area contributed by atoms with E-state index < -0.39 is 15.6 Å². The van der Waals surface area contributed by atoms with E-state index in [2.05, 4.69) is 47.9 Å². The molecule has 0 aliphatic carbocycles. The Morgan fingerprint density at radius 3 is 2.12 bits per heavy atom. The van der Waals surface area contributed by atoms with Gasteiger partial charge in [0, 0.05) is 57.2 Å². The van der Waals surface area contributed by atoms with Crippen molar-refractivity contribution < 1.29 is 17.9 Å². The number of sulfonamides is 1. The van der Waals surface area contributed by atoms with Gasteiger partial charge in [-0.25, -0.2) is 13.2 Å². The van der Waals surface area contributed by atoms with Crippen LogP contribution < -0.4 is 9.80 Å². The number of nitrogens with zero attached hydrogens (tertiary/aromatic N) is 4. The molecule has 4 heterocycles. The molecule has 4 saturated heterocycles. The molecule has 34 heavy (non-hydrogen) atoms. The quantitative estimate of drug-likeness (QED) is 0.645. The Bertz CT molecular complexity index is 995. The maximum Gasteiger partial charge on any atom is 0.410 e. The van der Waals surface area contributed by atoms with Crippen LogP contribution in [-0.4, -0.2) is 87.4 Å².